The molecule has 142 valence electrons. The number of ether oxygens (including phenoxy) is 1. The molecule has 0 bridgehead atoms. The molecule has 2 heterocycles. The number of hydrogen-bond acceptors (Lipinski definition) is 4. The lowest BCUT2D eigenvalue weighted by molar-refractivity contribution is -0.123. The summed E-state index contributed by atoms with van der Waals surface area (Å²) in [4.78, 5) is 15.7. The van der Waals surface area contributed by atoms with Gasteiger partial charge in [0.05, 0.1) is 10.9 Å². The lowest BCUT2D eigenvalue weighted by Crippen LogP contribution is -2.34. The van der Waals surface area contributed by atoms with Crippen LogP contribution in [0.2, 0.25) is 5.02 Å². The van der Waals surface area contributed by atoms with E-state index in [9.17, 15) is 4.79 Å². The number of carbonyl (C=O) groups is 1. The third kappa shape index (κ3) is 3.15. The quantitative estimate of drug-likeness (QED) is 0.342. The number of para-hydroxylation sites is 2. The molecule has 2 aliphatic rings. The predicted octanol–water partition coefficient (Wildman–Crippen LogP) is 6.44. The molecule has 29 heavy (non-hydrogen) atoms. The zero-order chi connectivity index (χ0) is 20.0. The van der Waals surface area contributed by atoms with Crippen molar-refractivity contribution in [2.75, 3.05) is 0 Å². The molecular weight excluding hydrogens is 422 g/mol. The Morgan fingerprint density at radius 3 is 2.17 bits per heavy atom. The minimum atomic E-state index is -0.333. The molecule has 0 N–H and O–H groups in total. The van der Waals surface area contributed by atoms with E-state index in [4.69, 9.17) is 28.6 Å². The molecule has 0 unspecified atom stereocenters. The van der Waals surface area contributed by atoms with Crippen LogP contribution < -0.4 is 4.74 Å². The Balaban J connectivity index is 1.61. The fourth-order valence-electron chi connectivity index (χ4n) is 3.60. The van der Waals surface area contributed by atoms with Crippen molar-refractivity contribution < 1.29 is 9.53 Å². The van der Waals surface area contributed by atoms with Crippen molar-refractivity contribution in [1.82, 2.24) is 4.90 Å². The van der Waals surface area contributed by atoms with E-state index >= 15 is 0 Å². The first kappa shape index (κ1) is 18.4. The number of amides is 1. The van der Waals surface area contributed by atoms with Gasteiger partial charge in [-0.1, -0.05) is 90.2 Å². The molecule has 3 nitrogen and oxygen atoms in total. The summed E-state index contributed by atoms with van der Waals surface area (Å²) in [5.74, 6) is 1.34. The number of hydrogen-bond donors (Lipinski definition) is 0. The minimum Gasteiger partial charge on any atom is -0.457 e. The molecular formula is C23H14ClNO2S2. The van der Waals surface area contributed by atoms with Crippen molar-refractivity contribution >= 4 is 51.9 Å². The standard InChI is InChI=1S/C23H14ClNO2S2/c24-17-10-4-1-7-14(17)13-20-22(26)25(23(28)29-20)21-15-8-2-5-11-18(15)27-19-12-6-3-9-16(19)21/h1-13,21H. The maximum atomic E-state index is 13.4. The van der Waals surface area contributed by atoms with Crippen LogP contribution in [0, 0.1) is 0 Å². The summed E-state index contributed by atoms with van der Waals surface area (Å²) in [7, 11) is 0. The Bertz CT molecular complexity index is 1150. The topological polar surface area (TPSA) is 29.5 Å². The van der Waals surface area contributed by atoms with Crippen molar-refractivity contribution in [2.24, 2.45) is 0 Å². The normalized spacial score (nSPS) is 17.3. The second kappa shape index (κ2) is 7.34. The summed E-state index contributed by atoms with van der Waals surface area (Å²) in [6.45, 7) is 0. The number of thiocarbonyl (C=S) groups is 1. The highest BCUT2D eigenvalue weighted by atomic mass is 35.5. The van der Waals surface area contributed by atoms with Crippen LogP contribution in [0.5, 0.6) is 11.5 Å². The second-order valence-corrected chi connectivity index (χ2v) is 8.74. The molecule has 3 aromatic rings. The Kier molecular flexibility index (Phi) is 4.66. The lowest BCUT2D eigenvalue weighted by atomic mass is 9.93. The third-order valence-corrected chi connectivity index (χ3v) is 6.60. The first-order valence-electron chi connectivity index (χ1n) is 9.01. The highest BCUT2D eigenvalue weighted by Crippen LogP contribution is 2.49. The van der Waals surface area contributed by atoms with E-state index in [1.54, 1.807) is 17.0 Å². The zero-order valence-electron chi connectivity index (χ0n) is 15.0. The summed E-state index contributed by atoms with van der Waals surface area (Å²) >= 11 is 13.2. The number of carbonyl (C=O) groups excluding carboxylic acids is 1. The van der Waals surface area contributed by atoms with Crippen LogP contribution in [-0.4, -0.2) is 15.1 Å². The van der Waals surface area contributed by atoms with Crippen LogP contribution in [0.4, 0.5) is 0 Å². The van der Waals surface area contributed by atoms with E-state index in [1.165, 1.54) is 11.8 Å². The van der Waals surface area contributed by atoms with E-state index in [0.717, 1.165) is 28.2 Å². The average Bonchev–Trinajstić information content (AvgIpc) is 3.01. The van der Waals surface area contributed by atoms with E-state index in [1.807, 2.05) is 66.7 Å². The average molecular weight is 436 g/mol. The van der Waals surface area contributed by atoms with Gasteiger partial charge in [0, 0.05) is 16.1 Å². The van der Waals surface area contributed by atoms with Gasteiger partial charge in [0.1, 0.15) is 15.8 Å². The Hall–Kier alpha value is -2.60. The third-order valence-electron chi connectivity index (χ3n) is 4.92. The molecule has 0 aliphatic carbocycles. The maximum Gasteiger partial charge on any atom is 0.267 e. The first-order valence-corrected chi connectivity index (χ1v) is 10.6. The van der Waals surface area contributed by atoms with Gasteiger partial charge in [0.2, 0.25) is 0 Å². The van der Waals surface area contributed by atoms with E-state index in [0.29, 0.717) is 14.2 Å². The van der Waals surface area contributed by atoms with Crippen molar-refractivity contribution in [3.05, 3.63) is 99.4 Å². The molecule has 3 aromatic carbocycles. The highest BCUT2D eigenvalue weighted by Gasteiger charge is 2.42. The van der Waals surface area contributed by atoms with Gasteiger partial charge < -0.3 is 4.74 Å². The van der Waals surface area contributed by atoms with Crippen molar-refractivity contribution in [2.45, 2.75) is 6.04 Å². The molecule has 0 aromatic heterocycles. The predicted molar refractivity (Wildman–Crippen MR) is 121 cm³/mol. The first-order chi connectivity index (χ1) is 14.1. The summed E-state index contributed by atoms with van der Waals surface area (Å²) in [6, 6.07) is 22.6. The Morgan fingerprint density at radius 2 is 1.52 bits per heavy atom. The largest absolute Gasteiger partial charge is 0.457 e. The molecule has 2 aliphatic heterocycles. The zero-order valence-corrected chi connectivity index (χ0v) is 17.4. The van der Waals surface area contributed by atoms with Gasteiger partial charge >= 0.3 is 0 Å². The summed E-state index contributed by atoms with van der Waals surface area (Å²) < 4.78 is 6.57. The SMILES string of the molecule is O=C1C(=Cc2ccccc2Cl)SC(=S)N1C1c2ccccc2Oc2ccccc21. The van der Waals surface area contributed by atoms with Crippen LogP contribution >= 0.6 is 35.6 Å². The summed E-state index contributed by atoms with van der Waals surface area (Å²) in [6.07, 6.45) is 1.80. The fraction of sp³-hybridized carbons (Fsp3) is 0.0435. The van der Waals surface area contributed by atoms with E-state index in [-0.39, 0.29) is 11.9 Å². The molecule has 1 saturated heterocycles. The number of benzene rings is 3. The number of rotatable bonds is 2. The van der Waals surface area contributed by atoms with Gasteiger partial charge in [-0.15, -0.1) is 0 Å². The smallest absolute Gasteiger partial charge is 0.267 e. The minimum absolute atomic E-state index is 0.128. The van der Waals surface area contributed by atoms with Gasteiger partial charge in [0.25, 0.3) is 5.91 Å². The molecule has 1 fully saturated rings. The van der Waals surface area contributed by atoms with Crippen molar-refractivity contribution in [3.63, 3.8) is 0 Å². The number of fused-ring (bicyclic) bond motifs is 2. The van der Waals surface area contributed by atoms with Crippen LogP contribution in [0.15, 0.2) is 77.7 Å². The molecule has 0 radical (unpaired) electrons. The van der Waals surface area contributed by atoms with Crippen molar-refractivity contribution in [1.29, 1.82) is 0 Å². The van der Waals surface area contributed by atoms with E-state index in [2.05, 4.69) is 0 Å². The molecule has 0 saturated carbocycles. The number of nitrogens with zero attached hydrogens (tertiary/aromatic N) is 1. The number of halogens is 1. The van der Waals surface area contributed by atoms with Gasteiger partial charge in [-0.25, -0.2) is 0 Å². The molecule has 6 heteroatoms. The second-order valence-electron chi connectivity index (χ2n) is 6.65. The van der Waals surface area contributed by atoms with Crippen LogP contribution in [-0.2, 0) is 4.79 Å². The van der Waals surface area contributed by atoms with Crippen molar-refractivity contribution in [3.8, 4) is 11.5 Å². The Labute approximate surface area is 182 Å². The summed E-state index contributed by atoms with van der Waals surface area (Å²) in [5.41, 5.74) is 2.63. The van der Waals surface area contributed by atoms with Gasteiger partial charge in [-0.3, -0.25) is 9.69 Å². The van der Waals surface area contributed by atoms with Crippen LogP contribution in [0.3, 0.4) is 0 Å². The Morgan fingerprint density at radius 1 is 0.931 bits per heavy atom. The van der Waals surface area contributed by atoms with Crippen LogP contribution in [0.25, 0.3) is 6.08 Å². The lowest BCUT2D eigenvalue weighted by Gasteiger charge is -2.33. The molecule has 5 rings (SSSR count). The maximum absolute atomic E-state index is 13.4. The monoisotopic (exact) mass is 435 g/mol. The van der Waals surface area contributed by atoms with E-state index < -0.39 is 0 Å². The fourth-order valence-corrected chi connectivity index (χ4v) is 5.09. The molecule has 1 amide bonds. The van der Waals surface area contributed by atoms with Gasteiger partial charge in [-0.2, -0.15) is 0 Å². The highest BCUT2D eigenvalue weighted by molar-refractivity contribution is 8.26. The van der Waals surface area contributed by atoms with Gasteiger partial charge in [-0.05, 0) is 29.8 Å². The summed E-state index contributed by atoms with van der Waals surface area (Å²) in [5, 5.41) is 0.597. The van der Waals surface area contributed by atoms with Gasteiger partial charge in [0.15, 0.2) is 0 Å². The van der Waals surface area contributed by atoms with Crippen LogP contribution in [0.1, 0.15) is 22.7 Å². The molecule has 0 atom stereocenters. The number of thioether (sulfide) groups is 1. The molecule has 0 spiro atoms.